The first-order chi connectivity index (χ1) is 6.70. The number of hydrogen-bond acceptors (Lipinski definition) is 4. The molecule has 5 heteroatoms. The zero-order chi connectivity index (χ0) is 10.2. The van der Waals surface area contributed by atoms with Crippen LogP contribution in [0.3, 0.4) is 0 Å². The van der Waals surface area contributed by atoms with Crippen molar-refractivity contribution in [2.75, 3.05) is 7.05 Å². The van der Waals surface area contributed by atoms with Crippen molar-refractivity contribution in [2.45, 2.75) is 31.8 Å². The van der Waals surface area contributed by atoms with Crippen LogP contribution < -0.4 is 10.9 Å². The summed E-state index contributed by atoms with van der Waals surface area (Å²) in [7, 11) is 1.67. The minimum absolute atomic E-state index is 0.108. The number of rotatable bonds is 2. The lowest BCUT2D eigenvalue weighted by Gasteiger charge is -2.24. The second-order valence-corrected chi connectivity index (χ2v) is 3.86. The zero-order valence-corrected chi connectivity index (χ0v) is 8.46. The molecule has 1 fully saturated rings. The number of carbonyl (C=O) groups excluding carboxylic acids is 1. The van der Waals surface area contributed by atoms with E-state index in [1.54, 1.807) is 7.05 Å². The molecule has 1 saturated carbocycles. The Morgan fingerprint density at radius 3 is 3.21 bits per heavy atom. The van der Waals surface area contributed by atoms with E-state index in [1.807, 2.05) is 6.92 Å². The van der Waals surface area contributed by atoms with Gasteiger partial charge in [0.2, 0.25) is 5.60 Å². The first kappa shape index (κ1) is 9.45. The molecule has 1 aliphatic heterocycles. The minimum atomic E-state index is -0.729. The molecule has 1 aliphatic carbocycles. The van der Waals surface area contributed by atoms with E-state index in [1.165, 1.54) is 0 Å². The van der Waals surface area contributed by atoms with Gasteiger partial charge in [0.25, 0.3) is 5.91 Å². The minimum Gasteiger partial charge on any atom is -0.378 e. The molecule has 0 spiro atoms. The van der Waals surface area contributed by atoms with Gasteiger partial charge < -0.3 is 4.84 Å². The van der Waals surface area contributed by atoms with Crippen molar-refractivity contribution >= 4 is 11.6 Å². The predicted octanol–water partition coefficient (Wildman–Crippen LogP) is 0.182. The summed E-state index contributed by atoms with van der Waals surface area (Å²) in [5, 5.41) is 3.92. The maximum Gasteiger partial charge on any atom is 0.281 e. The fourth-order valence-electron chi connectivity index (χ4n) is 2.38. The molecular formula is C9H15N3O2. The topological polar surface area (TPSA) is 62.7 Å². The smallest absolute Gasteiger partial charge is 0.281 e. The van der Waals surface area contributed by atoms with Crippen molar-refractivity contribution in [2.24, 2.45) is 11.1 Å². The summed E-state index contributed by atoms with van der Waals surface area (Å²) in [4.78, 5) is 17.1. The molecule has 5 nitrogen and oxygen atoms in total. The number of carbonyl (C=O) groups is 1. The molecule has 0 saturated heterocycles. The van der Waals surface area contributed by atoms with Crippen LogP contribution in [0.25, 0.3) is 0 Å². The Kier molecular flexibility index (Phi) is 2.19. The molecule has 0 aromatic carbocycles. The largest absolute Gasteiger partial charge is 0.378 e. The normalized spacial score (nSPS) is 34.7. The van der Waals surface area contributed by atoms with Crippen LogP contribution >= 0.6 is 0 Å². The Balaban J connectivity index is 2.20. The van der Waals surface area contributed by atoms with Gasteiger partial charge in [-0.05, 0) is 26.2 Å². The van der Waals surface area contributed by atoms with Gasteiger partial charge in [-0.2, -0.15) is 0 Å². The summed E-state index contributed by atoms with van der Waals surface area (Å²) in [6, 6.07) is 0. The van der Waals surface area contributed by atoms with Crippen molar-refractivity contribution in [1.29, 1.82) is 0 Å². The quantitative estimate of drug-likeness (QED) is 0.621. The zero-order valence-electron chi connectivity index (χ0n) is 8.46. The van der Waals surface area contributed by atoms with Crippen molar-refractivity contribution in [3.63, 3.8) is 0 Å². The third kappa shape index (κ3) is 1.12. The van der Waals surface area contributed by atoms with Gasteiger partial charge in [0, 0.05) is 7.05 Å². The van der Waals surface area contributed by atoms with Gasteiger partial charge in [-0.15, -0.1) is 0 Å². The number of oxime groups is 1. The van der Waals surface area contributed by atoms with E-state index in [0.717, 1.165) is 25.0 Å². The molecule has 0 aromatic rings. The van der Waals surface area contributed by atoms with Crippen LogP contribution in [-0.4, -0.2) is 24.3 Å². The summed E-state index contributed by atoms with van der Waals surface area (Å²) in [6.07, 6.45) is 2.77. The molecule has 0 radical (unpaired) electrons. The lowest BCUT2D eigenvalue weighted by molar-refractivity contribution is -0.147. The van der Waals surface area contributed by atoms with Crippen molar-refractivity contribution in [3.05, 3.63) is 0 Å². The molecule has 0 bridgehead atoms. The van der Waals surface area contributed by atoms with Gasteiger partial charge in [-0.1, -0.05) is 5.16 Å². The van der Waals surface area contributed by atoms with Crippen LogP contribution in [-0.2, 0) is 9.63 Å². The van der Waals surface area contributed by atoms with Crippen LogP contribution in [0.2, 0.25) is 0 Å². The third-order valence-corrected chi connectivity index (χ3v) is 3.08. The monoisotopic (exact) mass is 197 g/mol. The van der Waals surface area contributed by atoms with E-state index in [0.29, 0.717) is 0 Å². The molecule has 2 aliphatic rings. The fourth-order valence-corrected chi connectivity index (χ4v) is 2.38. The van der Waals surface area contributed by atoms with Gasteiger partial charge in [-0.3, -0.25) is 10.2 Å². The van der Waals surface area contributed by atoms with Crippen molar-refractivity contribution < 1.29 is 9.63 Å². The van der Waals surface area contributed by atoms with Crippen LogP contribution in [0.1, 0.15) is 26.2 Å². The summed E-state index contributed by atoms with van der Waals surface area (Å²) in [5.41, 5.74) is 5.43. The third-order valence-electron chi connectivity index (χ3n) is 3.08. The molecule has 1 amide bonds. The van der Waals surface area contributed by atoms with Gasteiger partial charge in [0.05, 0.1) is 11.6 Å². The SMILES string of the molecule is CNNC(=O)C12CCCC1C(C)=NO2. The van der Waals surface area contributed by atoms with Gasteiger partial charge in [-0.25, -0.2) is 5.43 Å². The number of nitrogens with one attached hydrogen (secondary N) is 2. The molecule has 2 N–H and O–H groups in total. The Labute approximate surface area is 82.8 Å². The first-order valence-corrected chi connectivity index (χ1v) is 4.90. The maximum atomic E-state index is 11.8. The lowest BCUT2D eigenvalue weighted by atomic mass is 9.87. The van der Waals surface area contributed by atoms with Crippen LogP contribution in [0.4, 0.5) is 0 Å². The molecule has 2 unspecified atom stereocenters. The summed E-state index contributed by atoms with van der Waals surface area (Å²) < 4.78 is 0. The lowest BCUT2D eigenvalue weighted by Crippen LogP contribution is -2.52. The molecule has 1 heterocycles. The molecule has 14 heavy (non-hydrogen) atoms. The number of nitrogens with zero attached hydrogens (tertiary/aromatic N) is 1. The average molecular weight is 197 g/mol. The number of hydrogen-bond donors (Lipinski definition) is 2. The molecule has 78 valence electrons. The molecule has 0 aromatic heterocycles. The van der Waals surface area contributed by atoms with E-state index in [4.69, 9.17) is 4.84 Å². The summed E-state index contributed by atoms with van der Waals surface area (Å²) >= 11 is 0. The standard InChI is InChI=1S/C9H15N3O2/c1-6-7-4-3-5-9(7,14-12-6)8(13)11-10-2/h7,10H,3-5H2,1-2H3,(H,11,13). The van der Waals surface area contributed by atoms with Crippen LogP contribution in [0.5, 0.6) is 0 Å². The second-order valence-electron chi connectivity index (χ2n) is 3.86. The van der Waals surface area contributed by atoms with Gasteiger partial charge in [0.15, 0.2) is 0 Å². The van der Waals surface area contributed by atoms with Crippen LogP contribution in [0.15, 0.2) is 5.16 Å². The van der Waals surface area contributed by atoms with Crippen molar-refractivity contribution in [3.8, 4) is 0 Å². The highest BCUT2D eigenvalue weighted by atomic mass is 16.7. The Morgan fingerprint density at radius 2 is 2.50 bits per heavy atom. The average Bonchev–Trinajstić information content (AvgIpc) is 2.69. The highest BCUT2D eigenvalue weighted by Gasteiger charge is 2.56. The highest BCUT2D eigenvalue weighted by Crippen LogP contribution is 2.43. The number of fused-ring (bicyclic) bond motifs is 1. The van der Waals surface area contributed by atoms with E-state index in [-0.39, 0.29) is 11.8 Å². The van der Waals surface area contributed by atoms with Crippen molar-refractivity contribution in [1.82, 2.24) is 10.9 Å². The molecule has 2 atom stereocenters. The summed E-state index contributed by atoms with van der Waals surface area (Å²) in [5.74, 6) is 0.0546. The van der Waals surface area contributed by atoms with Gasteiger partial charge in [0.1, 0.15) is 0 Å². The van der Waals surface area contributed by atoms with E-state index >= 15 is 0 Å². The number of hydrazine groups is 1. The first-order valence-electron chi connectivity index (χ1n) is 4.90. The predicted molar refractivity (Wildman–Crippen MR) is 51.5 cm³/mol. The molecular weight excluding hydrogens is 182 g/mol. The van der Waals surface area contributed by atoms with E-state index < -0.39 is 5.60 Å². The Bertz CT molecular complexity index is 290. The fraction of sp³-hybridized carbons (Fsp3) is 0.778. The van der Waals surface area contributed by atoms with E-state index in [2.05, 4.69) is 16.0 Å². The van der Waals surface area contributed by atoms with E-state index in [9.17, 15) is 4.79 Å². The summed E-state index contributed by atoms with van der Waals surface area (Å²) in [6.45, 7) is 1.92. The van der Waals surface area contributed by atoms with Crippen LogP contribution in [0, 0.1) is 5.92 Å². The molecule has 2 rings (SSSR count). The van der Waals surface area contributed by atoms with Gasteiger partial charge >= 0.3 is 0 Å². The Morgan fingerprint density at radius 1 is 1.71 bits per heavy atom. The maximum absolute atomic E-state index is 11.8. The Hall–Kier alpha value is -1.10. The second kappa shape index (κ2) is 3.24. The highest BCUT2D eigenvalue weighted by molar-refractivity contribution is 5.97. The number of amides is 1.